The molecule has 4 rings (SSSR count). The average molecular weight is 428 g/mol. The van der Waals surface area contributed by atoms with E-state index >= 15 is 0 Å². The number of ether oxygens (including phenoxy) is 1. The predicted octanol–water partition coefficient (Wildman–Crippen LogP) is 3.97. The van der Waals surface area contributed by atoms with Crippen molar-refractivity contribution in [2.75, 3.05) is 31.6 Å². The molecular weight excluding hydrogens is 398 g/mol. The fourth-order valence-electron chi connectivity index (χ4n) is 4.26. The molecule has 0 saturated carbocycles. The number of hydrogen-bond acceptors (Lipinski definition) is 5. The highest BCUT2D eigenvalue weighted by molar-refractivity contribution is 7.17. The van der Waals surface area contributed by atoms with Crippen molar-refractivity contribution in [1.29, 1.82) is 0 Å². The molecule has 0 spiro atoms. The third-order valence-electron chi connectivity index (χ3n) is 5.75. The Balaban J connectivity index is 1.54. The summed E-state index contributed by atoms with van der Waals surface area (Å²) in [5.74, 6) is -0.293. The summed E-state index contributed by atoms with van der Waals surface area (Å²) in [5, 5.41) is 3.92. The van der Waals surface area contributed by atoms with E-state index in [9.17, 15) is 9.59 Å². The number of nitrogens with one attached hydrogen (secondary N) is 1. The topological polar surface area (TPSA) is 61.9 Å². The zero-order chi connectivity index (χ0) is 21.1. The first kappa shape index (κ1) is 20.9. The zero-order valence-corrected chi connectivity index (χ0v) is 18.5. The van der Waals surface area contributed by atoms with E-state index in [0.29, 0.717) is 31.8 Å². The number of anilines is 1. The van der Waals surface area contributed by atoms with E-state index in [4.69, 9.17) is 4.74 Å². The van der Waals surface area contributed by atoms with Crippen LogP contribution < -0.4 is 10.2 Å². The number of esters is 1. The number of rotatable bonds is 7. The second-order valence-corrected chi connectivity index (χ2v) is 8.90. The SMILES string of the molecule is CCOC(=O)c1c(N2CCN(Cc3ccc(CNC)cc3)C2=O)sc2c1CCCC2. The average Bonchev–Trinajstić information content (AvgIpc) is 3.30. The minimum absolute atomic E-state index is 0.0292. The first-order valence-electron chi connectivity index (χ1n) is 10.7. The monoisotopic (exact) mass is 427 g/mol. The fourth-order valence-corrected chi connectivity index (χ4v) is 5.66. The first-order valence-corrected chi connectivity index (χ1v) is 11.5. The van der Waals surface area contributed by atoms with E-state index in [0.717, 1.165) is 48.4 Å². The number of nitrogens with zero attached hydrogens (tertiary/aromatic N) is 2. The Labute approximate surface area is 181 Å². The molecule has 1 N–H and O–H groups in total. The highest BCUT2D eigenvalue weighted by Crippen LogP contribution is 2.41. The van der Waals surface area contributed by atoms with Crippen LogP contribution >= 0.6 is 11.3 Å². The van der Waals surface area contributed by atoms with Crippen LogP contribution in [0, 0.1) is 0 Å². The van der Waals surface area contributed by atoms with Gasteiger partial charge in [0.2, 0.25) is 0 Å². The Morgan fingerprint density at radius 3 is 2.60 bits per heavy atom. The van der Waals surface area contributed by atoms with Gasteiger partial charge in [-0.3, -0.25) is 4.90 Å². The van der Waals surface area contributed by atoms with E-state index in [-0.39, 0.29) is 12.0 Å². The second-order valence-electron chi connectivity index (χ2n) is 7.81. The number of thiophene rings is 1. The van der Waals surface area contributed by atoms with Gasteiger partial charge in [0.25, 0.3) is 0 Å². The number of fused-ring (bicyclic) bond motifs is 1. The molecule has 1 aliphatic carbocycles. The van der Waals surface area contributed by atoms with Crippen LogP contribution in [0.15, 0.2) is 24.3 Å². The van der Waals surface area contributed by atoms with E-state index in [2.05, 4.69) is 29.6 Å². The standard InChI is InChI=1S/C23H29N3O3S/c1-3-29-22(27)20-18-6-4-5-7-19(18)30-21(20)26-13-12-25(23(26)28)15-17-10-8-16(9-11-17)14-24-2/h8-11,24H,3-7,12-15H2,1-2H3. The smallest absolute Gasteiger partial charge is 0.341 e. The summed E-state index contributed by atoms with van der Waals surface area (Å²) in [6.45, 7) is 4.82. The maximum absolute atomic E-state index is 13.2. The number of carbonyl (C=O) groups excluding carboxylic acids is 2. The molecule has 1 aromatic heterocycles. The summed E-state index contributed by atoms with van der Waals surface area (Å²) in [6, 6.07) is 8.32. The van der Waals surface area contributed by atoms with Gasteiger partial charge in [-0.1, -0.05) is 24.3 Å². The number of aryl methyl sites for hydroxylation is 1. The van der Waals surface area contributed by atoms with Crippen molar-refractivity contribution in [3.05, 3.63) is 51.4 Å². The summed E-state index contributed by atoms with van der Waals surface area (Å²) in [4.78, 5) is 30.9. The number of benzene rings is 1. The largest absolute Gasteiger partial charge is 0.462 e. The van der Waals surface area contributed by atoms with Crippen LogP contribution in [0.3, 0.4) is 0 Å². The van der Waals surface area contributed by atoms with Crippen molar-refractivity contribution in [1.82, 2.24) is 10.2 Å². The molecule has 7 heteroatoms. The van der Waals surface area contributed by atoms with Gasteiger partial charge in [-0.15, -0.1) is 11.3 Å². The van der Waals surface area contributed by atoms with Crippen molar-refractivity contribution < 1.29 is 14.3 Å². The van der Waals surface area contributed by atoms with Crippen LogP contribution in [0.5, 0.6) is 0 Å². The van der Waals surface area contributed by atoms with Crippen molar-refractivity contribution >= 4 is 28.3 Å². The van der Waals surface area contributed by atoms with Gasteiger partial charge in [-0.05, 0) is 56.3 Å². The molecule has 30 heavy (non-hydrogen) atoms. The van der Waals surface area contributed by atoms with E-state index < -0.39 is 0 Å². The second kappa shape index (κ2) is 9.18. The number of carbonyl (C=O) groups is 2. The van der Waals surface area contributed by atoms with Crippen molar-refractivity contribution in [3.8, 4) is 0 Å². The number of hydrogen-bond donors (Lipinski definition) is 1. The molecule has 0 unspecified atom stereocenters. The highest BCUT2D eigenvalue weighted by Gasteiger charge is 2.36. The quantitative estimate of drug-likeness (QED) is 0.680. The Kier molecular flexibility index (Phi) is 6.39. The summed E-state index contributed by atoms with van der Waals surface area (Å²) < 4.78 is 5.35. The van der Waals surface area contributed by atoms with E-state index in [1.54, 1.807) is 16.2 Å². The lowest BCUT2D eigenvalue weighted by atomic mass is 9.95. The lowest BCUT2D eigenvalue weighted by Crippen LogP contribution is -2.32. The van der Waals surface area contributed by atoms with Gasteiger partial charge in [0, 0.05) is 31.1 Å². The fraction of sp³-hybridized carbons (Fsp3) is 0.478. The maximum Gasteiger partial charge on any atom is 0.341 e. The molecule has 2 aliphatic rings. The summed E-state index contributed by atoms with van der Waals surface area (Å²) in [6.07, 6.45) is 4.10. The molecule has 0 atom stereocenters. The van der Waals surface area contributed by atoms with Crippen LogP contribution in [0.1, 0.15) is 51.7 Å². The molecule has 2 amide bonds. The Morgan fingerprint density at radius 1 is 1.13 bits per heavy atom. The third-order valence-corrected chi connectivity index (χ3v) is 7.06. The molecule has 1 aliphatic heterocycles. The third kappa shape index (κ3) is 4.09. The molecule has 0 radical (unpaired) electrons. The minimum Gasteiger partial charge on any atom is -0.462 e. The lowest BCUT2D eigenvalue weighted by molar-refractivity contribution is 0.0526. The van der Waals surface area contributed by atoms with Crippen molar-refractivity contribution in [2.24, 2.45) is 0 Å². The summed E-state index contributed by atoms with van der Waals surface area (Å²) in [5.41, 5.74) is 4.06. The number of amides is 2. The summed E-state index contributed by atoms with van der Waals surface area (Å²) in [7, 11) is 1.93. The molecule has 1 fully saturated rings. The van der Waals surface area contributed by atoms with Crippen LogP contribution in [0.2, 0.25) is 0 Å². The molecule has 1 saturated heterocycles. The van der Waals surface area contributed by atoms with Gasteiger partial charge in [-0.2, -0.15) is 0 Å². The van der Waals surface area contributed by atoms with Gasteiger partial charge >= 0.3 is 12.0 Å². The van der Waals surface area contributed by atoms with E-state index in [1.807, 2.05) is 18.9 Å². The van der Waals surface area contributed by atoms with Crippen LogP contribution in [-0.2, 0) is 30.7 Å². The van der Waals surface area contributed by atoms with E-state index in [1.165, 1.54) is 10.4 Å². The zero-order valence-electron chi connectivity index (χ0n) is 17.7. The van der Waals surface area contributed by atoms with Crippen LogP contribution in [0.25, 0.3) is 0 Å². The van der Waals surface area contributed by atoms with Gasteiger partial charge in [0.15, 0.2) is 0 Å². The molecule has 160 valence electrons. The maximum atomic E-state index is 13.2. The molecule has 2 aromatic rings. The van der Waals surface area contributed by atoms with Gasteiger partial charge in [0.1, 0.15) is 5.00 Å². The predicted molar refractivity (Wildman–Crippen MR) is 119 cm³/mol. The Bertz CT molecular complexity index is 923. The van der Waals surface area contributed by atoms with Crippen molar-refractivity contribution in [2.45, 2.75) is 45.7 Å². The Morgan fingerprint density at radius 2 is 1.87 bits per heavy atom. The van der Waals surface area contributed by atoms with Gasteiger partial charge in [-0.25, -0.2) is 9.59 Å². The highest BCUT2D eigenvalue weighted by atomic mass is 32.1. The first-order chi connectivity index (χ1) is 14.6. The molecule has 6 nitrogen and oxygen atoms in total. The summed E-state index contributed by atoms with van der Waals surface area (Å²) >= 11 is 1.60. The molecule has 1 aromatic carbocycles. The molecule has 2 heterocycles. The van der Waals surface area contributed by atoms with Gasteiger partial charge in [0.05, 0.1) is 12.2 Å². The lowest BCUT2D eigenvalue weighted by Gasteiger charge is -2.19. The van der Waals surface area contributed by atoms with Crippen LogP contribution in [0.4, 0.5) is 9.80 Å². The minimum atomic E-state index is -0.293. The molecule has 0 bridgehead atoms. The normalized spacial score (nSPS) is 16.1. The van der Waals surface area contributed by atoms with Crippen molar-refractivity contribution in [3.63, 3.8) is 0 Å². The van der Waals surface area contributed by atoms with Gasteiger partial charge < -0.3 is 15.0 Å². The Hall–Kier alpha value is -2.38. The van der Waals surface area contributed by atoms with Crippen LogP contribution in [-0.4, -0.2) is 43.6 Å². The molecular formula is C23H29N3O3S. The number of urea groups is 1.